The molecule has 0 spiro atoms. The Morgan fingerprint density at radius 1 is 0.722 bits per heavy atom. The number of carbonyl (C=O) groups is 6. The zero-order valence-electron chi connectivity index (χ0n) is 74.9. The standard InChI is InChI=1S/C91H138N12O23/c1-60-18-10-9-11-19-61(2)77(114-7)56-70-25-22-65(6)91(113,126-70)86(110)89(111)102-30-15-12-21-74(102)90(112)125-78(57-75(105)62(3)51-64(5)84(108)85(109)83(107)63(4)50-60)71(92)52-66-23-27-76(79(53-66)115-8)124-33-17-13-20-68-58-101(100-98-68)32-35-117-37-39-119-41-43-121-45-47-123-49-48-122-46-44-120-42-40-118-38-36-116-34-28-80(106)94-29-14-16-31-103-88-81(87(93)95-59-96-88)82(99-103)73-55-67-54-69(104)24-26-72(67)97-73/h9-11,18-19,24,26,51,54-55,58-60,62-63,65-66,70-71,74,76-79,84-85,97,104,108-109,113H,12-17,20-23,25,27-50,52-53,56-57,92H2,1-8H3,(H,94,106)(H2,93,95,96)/b11-9?,18-10+,61-19?,64-51+/t60-,62-,63-,65-,66+,70+,71-,74+,76-,77+,78+,79-,84-,85+,91-/m1/s1. The number of aryl methyl sites for hydroxylation is 2. The minimum Gasteiger partial charge on any atom is -0.508 e. The Balaban J connectivity index is 0.581. The molecule has 0 unspecified atom stereocenters. The number of phenolic OH excluding ortho intramolecular Hbond substituents is 1. The maximum absolute atomic E-state index is 14.7. The number of anilines is 1. The highest BCUT2D eigenvalue weighted by Gasteiger charge is 2.53. The lowest BCUT2D eigenvalue weighted by atomic mass is 9.80. The number of amides is 2. The topological polar surface area (TPSA) is 461 Å². The summed E-state index contributed by atoms with van der Waals surface area (Å²) in [6.45, 7) is 19.0. The molecule has 3 fully saturated rings. The zero-order valence-corrected chi connectivity index (χ0v) is 74.9. The van der Waals surface area contributed by atoms with Crippen molar-refractivity contribution < 1.29 is 111 Å². The molecule has 4 aromatic heterocycles. The number of piperidine rings is 1. The average molecular weight is 1770 g/mol. The molecule has 7 heterocycles. The Morgan fingerprint density at radius 3 is 2.09 bits per heavy atom. The number of cyclic esters (lactones) is 1. The van der Waals surface area contributed by atoms with E-state index in [1.54, 1.807) is 62.6 Å². The van der Waals surface area contributed by atoms with Crippen molar-refractivity contribution in [2.45, 2.75) is 231 Å². The van der Waals surface area contributed by atoms with Gasteiger partial charge in [-0.2, -0.15) is 5.10 Å². The monoisotopic (exact) mass is 1770 g/mol. The first-order valence-corrected chi connectivity index (χ1v) is 44.9. The molecule has 1 aliphatic carbocycles. The molecule has 35 heteroatoms. The number of benzene rings is 1. The lowest BCUT2D eigenvalue weighted by Gasteiger charge is -2.42. The Labute approximate surface area is 739 Å². The summed E-state index contributed by atoms with van der Waals surface area (Å²) in [6, 6.07) is 4.88. The predicted octanol–water partition coefficient (Wildman–Crippen LogP) is 7.55. The number of nitrogens with zero attached hydrogens (tertiary/aromatic N) is 8. The van der Waals surface area contributed by atoms with E-state index < -0.39 is 95.4 Å². The van der Waals surface area contributed by atoms with Crippen molar-refractivity contribution in [3.63, 3.8) is 0 Å². The van der Waals surface area contributed by atoms with Crippen LogP contribution in [-0.4, -0.2) is 300 Å². The summed E-state index contributed by atoms with van der Waals surface area (Å²) in [5.41, 5.74) is 18.1. The number of phenols is 1. The van der Waals surface area contributed by atoms with Gasteiger partial charge in [0.25, 0.3) is 11.7 Å². The molecule has 15 atom stereocenters. The summed E-state index contributed by atoms with van der Waals surface area (Å²) >= 11 is 0. The number of aromatic amines is 1. The van der Waals surface area contributed by atoms with Gasteiger partial charge in [-0.3, -0.25) is 24.0 Å². The van der Waals surface area contributed by atoms with Gasteiger partial charge in [-0.15, -0.1) is 5.10 Å². The van der Waals surface area contributed by atoms with Crippen LogP contribution in [0, 0.1) is 29.6 Å². The first-order valence-electron chi connectivity index (χ1n) is 44.9. The molecule has 3 aliphatic heterocycles. The van der Waals surface area contributed by atoms with Crippen LogP contribution in [0.5, 0.6) is 5.75 Å². The molecule has 700 valence electrons. The Morgan fingerprint density at radius 2 is 1.40 bits per heavy atom. The van der Waals surface area contributed by atoms with Crippen molar-refractivity contribution in [1.29, 1.82) is 0 Å². The highest BCUT2D eigenvalue weighted by molar-refractivity contribution is 6.39. The number of rotatable bonds is 44. The number of esters is 1. The van der Waals surface area contributed by atoms with Gasteiger partial charge in [0, 0.05) is 101 Å². The van der Waals surface area contributed by atoms with Gasteiger partial charge in [0.1, 0.15) is 53.7 Å². The van der Waals surface area contributed by atoms with E-state index in [0.717, 1.165) is 58.4 Å². The number of allylic oxidation sites excluding steroid dienone is 6. The fourth-order valence-corrected chi connectivity index (χ4v) is 16.3. The Hall–Kier alpha value is -8.21. The summed E-state index contributed by atoms with van der Waals surface area (Å²) in [7, 11) is 3.20. The Bertz CT molecular complexity index is 4300. The molecule has 1 saturated carbocycles. The highest BCUT2D eigenvalue weighted by Crippen LogP contribution is 2.39. The second kappa shape index (κ2) is 53.7. The molecule has 2 amide bonds. The quantitative estimate of drug-likeness (QED) is 0.00807. The second-order valence-electron chi connectivity index (χ2n) is 33.5. The van der Waals surface area contributed by atoms with Crippen LogP contribution in [0.15, 0.2) is 84.4 Å². The van der Waals surface area contributed by atoms with E-state index in [1.165, 1.54) is 19.3 Å². The summed E-state index contributed by atoms with van der Waals surface area (Å²) in [6.07, 6.45) is 16.7. The van der Waals surface area contributed by atoms with Crippen molar-refractivity contribution in [2.75, 3.05) is 145 Å². The molecule has 2 saturated heterocycles. The van der Waals surface area contributed by atoms with Crippen LogP contribution in [0.2, 0.25) is 0 Å². The number of aliphatic hydroxyl groups excluding tert-OH is 2. The Kier molecular flexibility index (Phi) is 43.3. The van der Waals surface area contributed by atoms with Crippen LogP contribution in [0.25, 0.3) is 33.3 Å². The molecule has 35 nitrogen and oxygen atoms in total. The van der Waals surface area contributed by atoms with Crippen LogP contribution < -0.4 is 16.8 Å². The number of carbonyl (C=O) groups excluding carboxylic acids is 6. The lowest BCUT2D eigenvalue weighted by Crippen LogP contribution is -2.61. The van der Waals surface area contributed by atoms with Gasteiger partial charge in [0.2, 0.25) is 11.7 Å². The van der Waals surface area contributed by atoms with Crippen molar-refractivity contribution in [1.82, 2.24) is 49.9 Å². The maximum atomic E-state index is 14.7. The fourth-order valence-electron chi connectivity index (χ4n) is 16.3. The summed E-state index contributed by atoms with van der Waals surface area (Å²) in [4.78, 5) is 97.1. The van der Waals surface area contributed by atoms with Crippen molar-refractivity contribution in [3.8, 4) is 17.1 Å². The zero-order chi connectivity index (χ0) is 90.3. The largest absolute Gasteiger partial charge is 0.508 e. The maximum Gasteiger partial charge on any atom is 0.329 e. The van der Waals surface area contributed by atoms with E-state index in [4.69, 9.17) is 78.1 Å². The summed E-state index contributed by atoms with van der Waals surface area (Å²) < 4.78 is 79.3. The van der Waals surface area contributed by atoms with E-state index >= 15 is 0 Å². The third-order valence-electron chi connectivity index (χ3n) is 23.8. The number of ether oxygens (including phenoxy) is 13. The van der Waals surface area contributed by atoms with Gasteiger partial charge in [0.05, 0.1) is 153 Å². The number of fused-ring (bicyclic) bond motifs is 5. The summed E-state index contributed by atoms with van der Waals surface area (Å²) in [5, 5.41) is 62.4. The fraction of sp³-hybridized carbons (Fsp3) is 0.681. The summed E-state index contributed by atoms with van der Waals surface area (Å²) in [5.74, 6) is -8.49. The van der Waals surface area contributed by atoms with Crippen molar-refractivity contribution >= 4 is 62.9 Å². The van der Waals surface area contributed by atoms with Gasteiger partial charge < -0.3 is 109 Å². The number of nitrogen functional groups attached to an aromatic ring is 1. The van der Waals surface area contributed by atoms with Gasteiger partial charge in [-0.25, -0.2) is 24.1 Å². The number of nitrogens with two attached hydrogens (primary N) is 2. The predicted molar refractivity (Wildman–Crippen MR) is 468 cm³/mol. The smallest absolute Gasteiger partial charge is 0.329 e. The number of aromatic hydroxyl groups is 1. The number of hydrogen-bond donors (Lipinski definition) is 8. The van der Waals surface area contributed by atoms with Crippen LogP contribution in [-0.2, 0) is 110 Å². The van der Waals surface area contributed by atoms with Gasteiger partial charge in [-0.1, -0.05) is 69.4 Å². The SMILES string of the molecule is CO[C@H]1C[C@@H]2CC[C@@H](C)[C@@](O)(O2)C(=O)C(=O)N2CCCC[C@H]2C(=O)O[C@H]([C@H](N)C[C@@H]2CC[C@@H](OCCCCc3cn(CCOCCOCCOCCOCCOCCOCCOCCOCCC(=O)NCCCCn4nc(-c5cc6cc(O)ccc6[nH]5)c5c(N)ncnc54)nn3)[C@H](OC)C2)CC(=O)[C@H](C)/C=C(\C)[C@@H](O)[C@@H](O)C(=O)[C@H](C)C[C@H](C)/C=C/C=CC=C1C. The first kappa shape index (κ1) is 102. The van der Waals surface area contributed by atoms with Gasteiger partial charge in [-0.05, 0) is 157 Å². The number of aromatic nitrogens is 8. The first-order chi connectivity index (χ1) is 60.8. The number of aliphatic hydroxyl groups is 3. The molecule has 5 aromatic rings. The number of nitrogens with one attached hydrogen (secondary N) is 2. The molecule has 126 heavy (non-hydrogen) atoms. The van der Waals surface area contributed by atoms with E-state index in [2.05, 4.69) is 30.6 Å². The number of ketones is 3. The number of methoxy groups -OCH3 is 2. The normalized spacial score (nSPS) is 26.0. The van der Waals surface area contributed by atoms with Crippen LogP contribution in [0.1, 0.15) is 156 Å². The highest BCUT2D eigenvalue weighted by atomic mass is 16.6. The van der Waals surface area contributed by atoms with Crippen LogP contribution >= 0.6 is 0 Å². The van der Waals surface area contributed by atoms with E-state index in [0.29, 0.717) is 212 Å². The molecule has 9 rings (SSSR count). The molecule has 4 aliphatic rings. The van der Waals surface area contributed by atoms with Gasteiger partial charge in [0.15, 0.2) is 11.4 Å². The van der Waals surface area contributed by atoms with E-state index in [-0.39, 0.29) is 80.1 Å². The van der Waals surface area contributed by atoms with Crippen molar-refractivity contribution in [3.05, 3.63) is 90.1 Å². The molecular formula is C91H138N12O23. The third kappa shape index (κ3) is 31.9. The van der Waals surface area contributed by atoms with Crippen molar-refractivity contribution in [2.24, 2.45) is 35.3 Å². The number of hydrogen-bond acceptors (Lipinski definition) is 30. The van der Waals surface area contributed by atoms with Gasteiger partial charge >= 0.3 is 5.97 Å². The van der Waals surface area contributed by atoms with E-state index in [1.807, 2.05) is 56.5 Å². The second-order valence-corrected chi connectivity index (χ2v) is 33.5. The molecule has 1 aromatic carbocycles. The molecule has 0 radical (unpaired) electrons. The minimum atomic E-state index is -2.49. The molecule has 10 N–H and O–H groups in total. The molecule has 2 bridgehead atoms. The molecular weight excluding hydrogens is 1630 g/mol. The average Bonchev–Trinajstić information content (AvgIpc) is 1.68. The number of H-pyrrole nitrogens is 1. The minimum absolute atomic E-state index is 0.0257. The van der Waals surface area contributed by atoms with Crippen LogP contribution in [0.4, 0.5) is 5.82 Å². The lowest BCUT2D eigenvalue weighted by molar-refractivity contribution is -0.265. The van der Waals surface area contributed by atoms with E-state index in [9.17, 15) is 49.2 Å². The number of unbranched alkanes of at least 4 members (excludes halogenated alkanes) is 2. The number of Topliss-reactive ketones (excluding diaryl/α,β-unsaturated/α-hetero) is 3. The third-order valence-corrected chi connectivity index (χ3v) is 23.8. The van der Waals surface area contributed by atoms with Crippen LogP contribution in [0.3, 0.4) is 0 Å².